The summed E-state index contributed by atoms with van der Waals surface area (Å²) in [5.74, 6) is -0.0263. The summed E-state index contributed by atoms with van der Waals surface area (Å²) in [4.78, 5) is 25.6. The van der Waals surface area contributed by atoms with E-state index in [0.29, 0.717) is 30.9 Å². The fourth-order valence-electron chi connectivity index (χ4n) is 2.94. The molecule has 1 aliphatic rings. The Bertz CT molecular complexity index is 764. The fourth-order valence-corrected chi connectivity index (χ4v) is 2.94. The van der Waals surface area contributed by atoms with Gasteiger partial charge in [0.2, 0.25) is 0 Å². The smallest absolute Gasteiger partial charge is 0.321 e. The van der Waals surface area contributed by atoms with Crippen LogP contribution in [0.25, 0.3) is 0 Å². The maximum atomic E-state index is 12.4. The molecular weight excluding hydrogens is 320 g/mol. The van der Waals surface area contributed by atoms with Gasteiger partial charge in [-0.05, 0) is 31.9 Å². The number of nitrogens with one attached hydrogen (secondary N) is 1. The Labute approximate surface area is 146 Å². The SMILES string of the molecule is CC(=O)c1cccc(NC(=O)N2CCC(n3cc(CN)nn3)CC2)c1. The molecule has 0 saturated carbocycles. The molecule has 1 aliphatic heterocycles. The highest BCUT2D eigenvalue weighted by Gasteiger charge is 2.24. The first-order chi connectivity index (χ1) is 12.1. The Hall–Kier alpha value is -2.74. The van der Waals surface area contributed by atoms with Crippen LogP contribution in [-0.4, -0.2) is 44.8 Å². The third kappa shape index (κ3) is 4.03. The molecule has 3 rings (SSSR count). The highest BCUT2D eigenvalue weighted by atomic mass is 16.2. The Morgan fingerprint density at radius 2 is 2.08 bits per heavy atom. The van der Waals surface area contributed by atoms with E-state index in [1.807, 2.05) is 10.9 Å². The number of carbonyl (C=O) groups excluding carboxylic acids is 2. The van der Waals surface area contributed by atoms with E-state index in [9.17, 15) is 9.59 Å². The number of anilines is 1. The van der Waals surface area contributed by atoms with Crippen LogP contribution >= 0.6 is 0 Å². The number of benzene rings is 1. The van der Waals surface area contributed by atoms with Crippen LogP contribution in [0.15, 0.2) is 30.5 Å². The van der Waals surface area contributed by atoms with E-state index in [1.165, 1.54) is 6.92 Å². The molecule has 0 aliphatic carbocycles. The Morgan fingerprint density at radius 3 is 2.72 bits per heavy atom. The van der Waals surface area contributed by atoms with Crippen LogP contribution in [0.3, 0.4) is 0 Å². The van der Waals surface area contributed by atoms with Crippen LogP contribution in [0.4, 0.5) is 10.5 Å². The van der Waals surface area contributed by atoms with Crippen molar-refractivity contribution < 1.29 is 9.59 Å². The van der Waals surface area contributed by atoms with Gasteiger partial charge in [0.15, 0.2) is 5.78 Å². The zero-order valence-electron chi connectivity index (χ0n) is 14.2. The highest BCUT2D eigenvalue weighted by Crippen LogP contribution is 2.22. The van der Waals surface area contributed by atoms with Gasteiger partial charge < -0.3 is 16.0 Å². The highest BCUT2D eigenvalue weighted by molar-refractivity contribution is 5.96. The minimum Gasteiger partial charge on any atom is -0.325 e. The van der Waals surface area contributed by atoms with Gasteiger partial charge in [-0.1, -0.05) is 17.3 Å². The summed E-state index contributed by atoms with van der Waals surface area (Å²) in [7, 11) is 0. The predicted octanol–water partition coefficient (Wildman–Crippen LogP) is 1.81. The first-order valence-electron chi connectivity index (χ1n) is 8.34. The van der Waals surface area contributed by atoms with Crippen molar-refractivity contribution in [1.82, 2.24) is 19.9 Å². The van der Waals surface area contributed by atoms with Crippen molar-refractivity contribution in [1.29, 1.82) is 0 Å². The molecule has 3 N–H and O–H groups in total. The van der Waals surface area contributed by atoms with Crippen LogP contribution in [0.1, 0.15) is 41.9 Å². The van der Waals surface area contributed by atoms with Crippen LogP contribution in [-0.2, 0) is 6.54 Å². The van der Waals surface area contributed by atoms with Crippen LogP contribution in [0, 0.1) is 0 Å². The molecule has 2 heterocycles. The van der Waals surface area contributed by atoms with E-state index in [-0.39, 0.29) is 17.9 Å². The summed E-state index contributed by atoms with van der Waals surface area (Å²) >= 11 is 0. The predicted molar refractivity (Wildman–Crippen MR) is 93.2 cm³/mol. The standard InChI is InChI=1S/C17H22N6O2/c1-12(24)13-3-2-4-14(9-13)19-17(25)22-7-5-16(6-8-22)23-11-15(10-18)20-21-23/h2-4,9,11,16H,5-8,10,18H2,1H3,(H,19,25). The van der Waals surface area contributed by atoms with Gasteiger partial charge in [0, 0.05) is 30.9 Å². The number of amides is 2. The fraction of sp³-hybridized carbons (Fsp3) is 0.412. The summed E-state index contributed by atoms with van der Waals surface area (Å²) in [5, 5.41) is 11.0. The molecule has 1 saturated heterocycles. The van der Waals surface area contributed by atoms with Gasteiger partial charge in [0.1, 0.15) is 0 Å². The van der Waals surface area contributed by atoms with Crippen molar-refractivity contribution in [3.63, 3.8) is 0 Å². The molecule has 1 aromatic heterocycles. The Morgan fingerprint density at radius 1 is 1.32 bits per heavy atom. The average molecular weight is 342 g/mol. The summed E-state index contributed by atoms with van der Waals surface area (Å²) in [6.07, 6.45) is 3.50. The molecule has 0 bridgehead atoms. The summed E-state index contributed by atoms with van der Waals surface area (Å²) in [6, 6.07) is 7.05. The largest absolute Gasteiger partial charge is 0.325 e. The van der Waals surface area contributed by atoms with Crippen LogP contribution in [0.2, 0.25) is 0 Å². The lowest BCUT2D eigenvalue weighted by Gasteiger charge is -2.31. The Kier molecular flexibility index (Phi) is 5.08. The van der Waals surface area contributed by atoms with Crippen molar-refractivity contribution in [3.8, 4) is 0 Å². The minimum atomic E-state index is -0.152. The third-order valence-electron chi connectivity index (χ3n) is 4.41. The number of urea groups is 1. The lowest BCUT2D eigenvalue weighted by atomic mass is 10.1. The summed E-state index contributed by atoms with van der Waals surface area (Å²) in [6.45, 7) is 3.16. The normalized spacial score (nSPS) is 15.2. The summed E-state index contributed by atoms with van der Waals surface area (Å²) in [5.41, 5.74) is 7.54. The molecule has 1 fully saturated rings. The number of carbonyl (C=O) groups is 2. The first kappa shape index (κ1) is 17.1. The number of likely N-dealkylation sites (tertiary alicyclic amines) is 1. The second-order valence-corrected chi connectivity index (χ2v) is 6.18. The second-order valence-electron chi connectivity index (χ2n) is 6.18. The van der Waals surface area contributed by atoms with Gasteiger partial charge in [0.25, 0.3) is 0 Å². The molecule has 8 nitrogen and oxygen atoms in total. The quantitative estimate of drug-likeness (QED) is 0.824. The molecule has 8 heteroatoms. The van der Waals surface area contributed by atoms with E-state index in [4.69, 9.17) is 5.73 Å². The van der Waals surface area contributed by atoms with E-state index in [0.717, 1.165) is 18.5 Å². The lowest BCUT2D eigenvalue weighted by molar-refractivity contribution is 0.101. The van der Waals surface area contributed by atoms with Crippen molar-refractivity contribution in [2.24, 2.45) is 5.73 Å². The van der Waals surface area contributed by atoms with Gasteiger partial charge in [-0.3, -0.25) is 4.79 Å². The minimum absolute atomic E-state index is 0.0263. The molecule has 0 unspecified atom stereocenters. The van der Waals surface area contributed by atoms with Gasteiger partial charge >= 0.3 is 6.03 Å². The molecule has 1 aromatic carbocycles. The molecule has 0 radical (unpaired) electrons. The van der Waals surface area contributed by atoms with Crippen molar-refractivity contribution in [3.05, 3.63) is 41.7 Å². The lowest BCUT2D eigenvalue weighted by Crippen LogP contribution is -2.41. The number of aromatic nitrogens is 3. The van der Waals surface area contributed by atoms with E-state index < -0.39 is 0 Å². The monoisotopic (exact) mass is 342 g/mol. The van der Waals surface area contributed by atoms with Gasteiger partial charge in [-0.2, -0.15) is 0 Å². The molecule has 0 spiro atoms. The second kappa shape index (κ2) is 7.43. The van der Waals surface area contributed by atoms with Gasteiger partial charge in [0.05, 0.1) is 17.9 Å². The Balaban J connectivity index is 1.56. The van der Waals surface area contributed by atoms with Gasteiger partial charge in [-0.15, -0.1) is 5.10 Å². The zero-order valence-corrected chi connectivity index (χ0v) is 14.2. The number of Topliss-reactive ketones (excluding diaryl/α,β-unsaturated/α-hetero) is 1. The molecule has 0 atom stereocenters. The van der Waals surface area contributed by atoms with Crippen molar-refractivity contribution in [2.75, 3.05) is 18.4 Å². The number of ketones is 1. The van der Waals surface area contributed by atoms with Crippen molar-refractivity contribution >= 4 is 17.5 Å². The van der Waals surface area contributed by atoms with Crippen molar-refractivity contribution in [2.45, 2.75) is 32.4 Å². The number of hydrogen-bond acceptors (Lipinski definition) is 5. The number of nitrogens with two attached hydrogens (primary N) is 1. The topological polar surface area (TPSA) is 106 Å². The van der Waals surface area contributed by atoms with Crippen LogP contribution in [0.5, 0.6) is 0 Å². The number of piperidine rings is 1. The van der Waals surface area contributed by atoms with Gasteiger partial charge in [-0.25, -0.2) is 9.48 Å². The van der Waals surface area contributed by atoms with Crippen LogP contribution < -0.4 is 11.1 Å². The number of rotatable bonds is 4. The maximum absolute atomic E-state index is 12.4. The molecular formula is C17H22N6O2. The van der Waals surface area contributed by atoms with E-state index >= 15 is 0 Å². The zero-order chi connectivity index (χ0) is 17.8. The molecule has 2 amide bonds. The first-order valence-corrected chi connectivity index (χ1v) is 8.34. The number of hydrogen-bond donors (Lipinski definition) is 2. The molecule has 2 aromatic rings. The average Bonchev–Trinajstić information content (AvgIpc) is 3.11. The molecule has 25 heavy (non-hydrogen) atoms. The third-order valence-corrected chi connectivity index (χ3v) is 4.41. The van der Waals surface area contributed by atoms with E-state index in [2.05, 4.69) is 15.6 Å². The summed E-state index contributed by atoms with van der Waals surface area (Å²) < 4.78 is 1.84. The maximum Gasteiger partial charge on any atom is 0.321 e. The number of nitrogens with zero attached hydrogens (tertiary/aromatic N) is 4. The molecule has 132 valence electrons. The van der Waals surface area contributed by atoms with E-state index in [1.54, 1.807) is 29.2 Å².